The predicted molar refractivity (Wildman–Crippen MR) is 90.4 cm³/mol. The highest BCUT2D eigenvalue weighted by Crippen LogP contribution is 2.35. The highest BCUT2D eigenvalue weighted by Gasteiger charge is 2.18. The molecule has 23 heavy (non-hydrogen) atoms. The van der Waals surface area contributed by atoms with E-state index in [2.05, 4.69) is 21.6 Å². The van der Waals surface area contributed by atoms with Gasteiger partial charge in [0.25, 0.3) is 5.91 Å². The molecule has 6 nitrogen and oxygen atoms in total. The van der Waals surface area contributed by atoms with Gasteiger partial charge < -0.3 is 11.1 Å². The molecule has 0 aliphatic carbocycles. The van der Waals surface area contributed by atoms with Gasteiger partial charge in [0, 0.05) is 16.0 Å². The van der Waals surface area contributed by atoms with Crippen LogP contribution >= 0.6 is 22.9 Å². The molecule has 1 amide bonds. The van der Waals surface area contributed by atoms with Gasteiger partial charge in [-0.25, -0.2) is 0 Å². The molecule has 2 heterocycles. The molecule has 0 saturated carbocycles. The Balaban J connectivity index is 1.93. The maximum Gasteiger partial charge on any atom is 0.261 e. The molecule has 1 aromatic carbocycles. The van der Waals surface area contributed by atoms with Crippen molar-refractivity contribution in [1.82, 2.24) is 10.2 Å². The minimum Gasteiger partial charge on any atom is -0.383 e. The van der Waals surface area contributed by atoms with Gasteiger partial charge in [-0.3, -0.25) is 9.89 Å². The number of aromatic amines is 1. The maximum absolute atomic E-state index is 12.2. The summed E-state index contributed by atoms with van der Waals surface area (Å²) in [5.74, 6) is -0.243. The van der Waals surface area contributed by atoms with E-state index in [1.54, 1.807) is 12.1 Å². The zero-order valence-corrected chi connectivity index (χ0v) is 13.2. The van der Waals surface area contributed by atoms with Crippen LogP contribution in [-0.2, 0) is 0 Å². The third-order valence-electron chi connectivity index (χ3n) is 3.20. The molecule has 0 unspecified atom stereocenters. The van der Waals surface area contributed by atoms with Crippen molar-refractivity contribution >= 4 is 39.7 Å². The number of H-pyrrole nitrogens is 1. The van der Waals surface area contributed by atoms with Crippen LogP contribution in [0.5, 0.6) is 0 Å². The molecule has 0 fully saturated rings. The maximum atomic E-state index is 12.2. The number of carbonyl (C=O) groups is 1. The second-order valence-electron chi connectivity index (χ2n) is 4.62. The zero-order valence-electron chi connectivity index (χ0n) is 11.6. The molecule has 0 radical (unpaired) electrons. The number of amides is 1. The number of thiophene rings is 1. The van der Waals surface area contributed by atoms with Crippen molar-refractivity contribution in [2.45, 2.75) is 0 Å². The third-order valence-corrected chi connectivity index (χ3v) is 4.35. The lowest BCUT2D eigenvalue weighted by Crippen LogP contribution is -2.12. The Morgan fingerprint density at radius 2 is 2.13 bits per heavy atom. The summed E-state index contributed by atoms with van der Waals surface area (Å²) >= 11 is 7.15. The number of nitriles is 1. The molecule has 0 aliphatic rings. The fourth-order valence-electron chi connectivity index (χ4n) is 2.05. The van der Waals surface area contributed by atoms with Gasteiger partial charge in [0.2, 0.25) is 0 Å². The van der Waals surface area contributed by atoms with Crippen LogP contribution in [0.2, 0.25) is 5.02 Å². The van der Waals surface area contributed by atoms with Crippen molar-refractivity contribution in [2.24, 2.45) is 0 Å². The highest BCUT2D eigenvalue weighted by molar-refractivity contribution is 7.15. The summed E-state index contributed by atoms with van der Waals surface area (Å²) in [5, 5.41) is 21.2. The minimum absolute atomic E-state index is 0.176. The number of carbonyl (C=O) groups excluding carboxylic acids is 1. The van der Waals surface area contributed by atoms with Crippen LogP contribution in [0.1, 0.15) is 15.9 Å². The number of halogens is 1. The van der Waals surface area contributed by atoms with E-state index in [0.717, 1.165) is 11.1 Å². The first-order chi connectivity index (χ1) is 11.1. The number of nitrogens with two attached hydrogens (primary N) is 1. The number of nitrogens with zero attached hydrogens (tertiary/aromatic N) is 2. The normalized spacial score (nSPS) is 10.3. The molecular weight excluding hydrogens is 334 g/mol. The van der Waals surface area contributed by atoms with Crippen molar-refractivity contribution in [3.8, 4) is 17.2 Å². The summed E-state index contributed by atoms with van der Waals surface area (Å²) in [6, 6.07) is 9.28. The van der Waals surface area contributed by atoms with Crippen LogP contribution < -0.4 is 11.1 Å². The molecule has 0 bridgehead atoms. The van der Waals surface area contributed by atoms with Gasteiger partial charge in [-0.2, -0.15) is 10.4 Å². The van der Waals surface area contributed by atoms with Crippen LogP contribution in [0.3, 0.4) is 0 Å². The van der Waals surface area contributed by atoms with E-state index in [1.807, 2.05) is 17.5 Å². The van der Waals surface area contributed by atoms with E-state index in [9.17, 15) is 10.1 Å². The third kappa shape index (κ3) is 2.90. The molecule has 0 aliphatic heterocycles. The fraction of sp³-hybridized carbons (Fsp3) is 0. The van der Waals surface area contributed by atoms with Crippen LogP contribution in [0.4, 0.5) is 10.8 Å². The molecule has 0 saturated heterocycles. The van der Waals surface area contributed by atoms with Gasteiger partial charge in [-0.15, -0.1) is 11.3 Å². The van der Waals surface area contributed by atoms with Gasteiger partial charge in [-0.1, -0.05) is 23.7 Å². The van der Waals surface area contributed by atoms with Crippen molar-refractivity contribution in [3.63, 3.8) is 0 Å². The molecule has 0 atom stereocenters. The Kier molecular flexibility index (Phi) is 4.02. The van der Waals surface area contributed by atoms with Gasteiger partial charge in [0.1, 0.15) is 22.5 Å². The van der Waals surface area contributed by atoms with E-state index in [0.29, 0.717) is 15.6 Å². The van der Waals surface area contributed by atoms with Crippen molar-refractivity contribution in [2.75, 3.05) is 11.1 Å². The van der Waals surface area contributed by atoms with E-state index in [1.165, 1.54) is 17.5 Å². The SMILES string of the molecule is N#Cc1c(-c2ccc(Cl)cc2)csc1NC(=O)c1cn[nH]c1N. The average Bonchev–Trinajstić information content (AvgIpc) is 3.14. The Morgan fingerprint density at radius 3 is 2.74 bits per heavy atom. The summed E-state index contributed by atoms with van der Waals surface area (Å²) in [5.41, 5.74) is 7.84. The smallest absolute Gasteiger partial charge is 0.261 e. The van der Waals surface area contributed by atoms with Gasteiger partial charge in [-0.05, 0) is 17.7 Å². The first kappa shape index (κ1) is 15.1. The Labute approximate surface area is 140 Å². The molecule has 114 valence electrons. The standard InChI is InChI=1S/C15H10ClN5OS/c16-9-3-1-8(2-4-9)12-7-23-15(10(12)5-17)20-14(22)11-6-19-21-13(11)18/h1-4,6-7H,(H,20,22)(H3,18,19,21). The number of benzene rings is 1. The molecular formula is C15H10ClN5OS. The summed E-state index contributed by atoms with van der Waals surface area (Å²) in [6.45, 7) is 0. The number of nitrogens with one attached hydrogen (secondary N) is 2. The largest absolute Gasteiger partial charge is 0.383 e. The van der Waals surface area contributed by atoms with E-state index >= 15 is 0 Å². The molecule has 4 N–H and O–H groups in total. The zero-order chi connectivity index (χ0) is 16.4. The van der Waals surface area contributed by atoms with Gasteiger partial charge in [0.05, 0.1) is 11.8 Å². The summed E-state index contributed by atoms with van der Waals surface area (Å²) in [4.78, 5) is 12.2. The molecule has 8 heteroatoms. The Bertz CT molecular complexity index is 907. The Hall–Kier alpha value is -2.82. The van der Waals surface area contributed by atoms with E-state index in [-0.39, 0.29) is 11.4 Å². The lowest BCUT2D eigenvalue weighted by molar-refractivity contribution is 0.102. The lowest BCUT2D eigenvalue weighted by atomic mass is 10.1. The van der Waals surface area contributed by atoms with Crippen LogP contribution in [0.25, 0.3) is 11.1 Å². The number of hydrogen-bond donors (Lipinski definition) is 3. The minimum atomic E-state index is -0.419. The number of aromatic nitrogens is 2. The van der Waals surface area contributed by atoms with Crippen molar-refractivity contribution in [1.29, 1.82) is 5.26 Å². The summed E-state index contributed by atoms with van der Waals surface area (Å²) in [7, 11) is 0. The van der Waals surface area contributed by atoms with Gasteiger partial charge >= 0.3 is 0 Å². The van der Waals surface area contributed by atoms with E-state index < -0.39 is 5.91 Å². The molecule has 2 aromatic heterocycles. The molecule has 3 rings (SSSR count). The average molecular weight is 344 g/mol. The second-order valence-corrected chi connectivity index (χ2v) is 5.94. The topological polar surface area (TPSA) is 108 Å². The first-order valence-electron chi connectivity index (χ1n) is 6.48. The quantitative estimate of drug-likeness (QED) is 0.676. The highest BCUT2D eigenvalue weighted by atomic mass is 35.5. The molecule has 3 aromatic rings. The second kappa shape index (κ2) is 6.12. The summed E-state index contributed by atoms with van der Waals surface area (Å²) in [6.07, 6.45) is 1.34. The molecule has 0 spiro atoms. The van der Waals surface area contributed by atoms with Crippen molar-refractivity contribution in [3.05, 3.63) is 52.0 Å². The fourth-order valence-corrected chi connectivity index (χ4v) is 3.09. The van der Waals surface area contributed by atoms with Crippen LogP contribution in [0.15, 0.2) is 35.8 Å². The van der Waals surface area contributed by atoms with Crippen LogP contribution in [-0.4, -0.2) is 16.1 Å². The predicted octanol–water partition coefficient (Wildman–Crippen LogP) is 3.50. The number of nitrogen functional groups attached to an aromatic ring is 1. The number of hydrogen-bond acceptors (Lipinski definition) is 5. The van der Waals surface area contributed by atoms with E-state index in [4.69, 9.17) is 17.3 Å². The van der Waals surface area contributed by atoms with Crippen LogP contribution in [0, 0.1) is 11.3 Å². The number of anilines is 2. The summed E-state index contributed by atoms with van der Waals surface area (Å²) < 4.78 is 0. The monoisotopic (exact) mass is 343 g/mol. The van der Waals surface area contributed by atoms with Gasteiger partial charge in [0.15, 0.2) is 0 Å². The van der Waals surface area contributed by atoms with Crippen molar-refractivity contribution < 1.29 is 4.79 Å². The first-order valence-corrected chi connectivity index (χ1v) is 7.73. The lowest BCUT2D eigenvalue weighted by Gasteiger charge is -2.03. The number of rotatable bonds is 3. The Morgan fingerprint density at radius 1 is 1.39 bits per heavy atom.